The molecule has 3 heteroatoms. The van der Waals surface area contributed by atoms with Crippen LogP contribution < -0.4 is 11.3 Å². The van der Waals surface area contributed by atoms with E-state index in [-0.39, 0.29) is 6.04 Å². The molecule has 0 aromatic heterocycles. The normalized spacial score (nSPS) is 12.4. The van der Waals surface area contributed by atoms with E-state index < -0.39 is 0 Å². The number of hydrogen-bond donors (Lipinski definition) is 2. The number of nitrogens with one attached hydrogen (secondary N) is 1. The minimum absolute atomic E-state index is 0.0707. The van der Waals surface area contributed by atoms with E-state index >= 15 is 0 Å². The monoisotopic (exact) mass is 274 g/mol. The molecule has 1 unspecified atom stereocenters. The van der Waals surface area contributed by atoms with Gasteiger partial charge in [0.15, 0.2) is 0 Å². The fraction of sp³-hybridized carbons (Fsp3) is 0.250. The van der Waals surface area contributed by atoms with Gasteiger partial charge < -0.3 is 0 Å². The molecule has 0 saturated heterocycles. The Bertz CT molecular complexity index is 549. The quantitative estimate of drug-likeness (QED) is 0.659. The summed E-state index contributed by atoms with van der Waals surface area (Å²) >= 11 is 6.07. The van der Waals surface area contributed by atoms with Gasteiger partial charge in [-0.25, -0.2) is 0 Å². The van der Waals surface area contributed by atoms with Crippen LogP contribution in [0.15, 0.2) is 42.5 Å². The smallest absolute Gasteiger partial charge is 0.0503 e. The second kappa shape index (κ2) is 6.20. The first-order valence-electron chi connectivity index (χ1n) is 6.38. The second-order valence-electron chi connectivity index (χ2n) is 4.91. The highest BCUT2D eigenvalue weighted by Gasteiger charge is 2.13. The number of hydrogen-bond acceptors (Lipinski definition) is 2. The van der Waals surface area contributed by atoms with Gasteiger partial charge in [-0.3, -0.25) is 11.3 Å². The van der Waals surface area contributed by atoms with Crippen LogP contribution in [-0.4, -0.2) is 0 Å². The molecule has 2 nitrogen and oxygen atoms in total. The first-order chi connectivity index (χ1) is 9.10. The average molecular weight is 275 g/mol. The Kier molecular flexibility index (Phi) is 4.59. The summed E-state index contributed by atoms with van der Waals surface area (Å²) in [6.07, 6.45) is 0.845. The van der Waals surface area contributed by atoms with Crippen molar-refractivity contribution in [2.75, 3.05) is 0 Å². The van der Waals surface area contributed by atoms with Crippen LogP contribution >= 0.6 is 11.6 Å². The molecule has 0 spiro atoms. The highest BCUT2D eigenvalue weighted by atomic mass is 35.5. The molecule has 19 heavy (non-hydrogen) atoms. The largest absolute Gasteiger partial charge is 0.271 e. The average Bonchev–Trinajstić information content (AvgIpc) is 2.41. The van der Waals surface area contributed by atoms with Crippen molar-refractivity contribution < 1.29 is 0 Å². The van der Waals surface area contributed by atoms with E-state index in [0.717, 1.165) is 17.0 Å². The summed E-state index contributed by atoms with van der Waals surface area (Å²) in [4.78, 5) is 0. The van der Waals surface area contributed by atoms with E-state index in [2.05, 4.69) is 43.5 Å². The summed E-state index contributed by atoms with van der Waals surface area (Å²) in [5, 5.41) is 0.741. The zero-order chi connectivity index (χ0) is 13.8. The van der Waals surface area contributed by atoms with Crippen molar-refractivity contribution in [3.8, 4) is 0 Å². The maximum absolute atomic E-state index is 6.07. The van der Waals surface area contributed by atoms with Crippen molar-refractivity contribution in [3.05, 3.63) is 69.7 Å². The summed E-state index contributed by atoms with van der Waals surface area (Å²) in [5.41, 5.74) is 7.75. The Balaban J connectivity index is 2.24. The minimum atomic E-state index is 0.0707. The Morgan fingerprint density at radius 2 is 1.79 bits per heavy atom. The lowest BCUT2D eigenvalue weighted by Crippen LogP contribution is -2.30. The number of benzene rings is 2. The van der Waals surface area contributed by atoms with Crippen LogP contribution in [-0.2, 0) is 6.42 Å². The van der Waals surface area contributed by atoms with Gasteiger partial charge in [0.05, 0.1) is 6.04 Å². The number of aryl methyl sites for hydroxylation is 2. The van der Waals surface area contributed by atoms with Crippen molar-refractivity contribution >= 4 is 11.6 Å². The maximum atomic E-state index is 6.07. The molecule has 0 saturated carbocycles. The van der Waals surface area contributed by atoms with Gasteiger partial charge in [0.1, 0.15) is 0 Å². The summed E-state index contributed by atoms with van der Waals surface area (Å²) in [6, 6.07) is 14.5. The summed E-state index contributed by atoms with van der Waals surface area (Å²) < 4.78 is 0. The van der Waals surface area contributed by atoms with Gasteiger partial charge in [-0.15, -0.1) is 0 Å². The minimum Gasteiger partial charge on any atom is -0.271 e. The number of halogens is 1. The van der Waals surface area contributed by atoms with Gasteiger partial charge >= 0.3 is 0 Å². The molecule has 1 atom stereocenters. The molecule has 0 fully saturated rings. The van der Waals surface area contributed by atoms with Gasteiger partial charge in [-0.05, 0) is 49.1 Å². The summed E-state index contributed by atoms with van der Waals surface area (Å²) in [5.74, 6) is 5.71. The lowest BCUT2D eigenvalue weighted by Gasteiger charge is -2.19. The first kappa shape index (κ1) is 14.1. The SMILES string of the molecule is Cc1ccc(CC(NN)c2cc(Cl)ccc2C)cc1. The molecule has 2 rings (SSSR count). The molecule has 0 bridgehead atoms. The number of nitrogens with two attached hydrogens (primary N) is 1. The molecule has 2 aromatic rings. The molecule has 100 valence electrons. The van der Waals surface area contributed by atoms with Crippen molar-refractivity contribution in [3.63, 3.8) is 0 Å². The van der Waals surface area contributed by atoms with Crippen LogP contribution in [0, 0.1) is 13.8 Å². The highest BCUT2D eigenvalue weighted by Crippen LogP contribution is 2.24. The predicted molar refractivity (Wildman–Crippen MR) is 81.1 cm³/mol. The van der Waals surface area contributed by atoms with E-state index in [4.69, 9.17) is 17.4 Å². The lowest BCUT2D eigenvalue weighted by atomic mass is 9.95. The lowest BCUT2D eigenvalue weighted by molar-refractivity contribution is 0.549. The van der Waals surface area contributed by atoms with Crippen LogP contribution in [0.2, 0.25) is 5.02 Å². The molecule has 0 aliphatic heterocycles. The third kappa shape index (κ3) is 3.57. The molecule has 0 heterocycles. The Morgan fingerprint density at radius 3 is 2.42 bits per heavy atom. The molecular weight excluding hydrogens is 256 g/mol. The summed E-state index contributed by atoms with van der Waals surface area (Å²) in [7, 11) is 0. The molecular formula is C16H19ClN2. The topological polar surface area (TPSA) is 38.0 Å². The highest BCUT2D eigenvalue weighted by molar-refractivity contribution is 6.30. The molecule has 0 radical (unpaired) electrons. The van der Waals surface area contributed by atoms with E-state index in [9.17, 15) is 0 Å². The van der Waals surface area contributed by atoms with Gasteiger partial charge in [-0.2, -0.15) is 0 Å². The fourth-order valence-corrected chi connectivity index (χ4v) is 2.39. The Hall–Kier alpha value is -1.35. The van der Waals surface area contributed by atoms with Crippen LogP contribution in [0.25, 0.3) is 0 Å². The Labute approximate surface area is 119 Å². The Morgan fingerprint density at radius 1 is 1.11 bits per heavy atom. The third-order valence-corrected chi connectivity index (χ3v) is 3.61. The van der Waals surface area contributed by atoms with Crippen molar-refractivity contribution in [1.29, 1.82) is 0 Å². The predicted octanol–water partition coefficient (Wildman–Crippen LogP) is 3.70. The van der Waals surface area contributed by atoms with Crippen molar-refractivity contribution in [2.24, 2.45) is 5.84 Å². The number of rotatable bonds is 4. The third-order valence-electron chi connectivity index (χ3n) is 3.38. The van der Waals surface area contributed by atoms with Gasteiger partial charge in [0.25, 0.3) is 0 Å². The first-order valence-corrected chi connectivity index (χ1v) is 6.75. The maximum Gasteiger partial charge on any atom is 0.0503 e. The van der Waals surface area contributed by atoms with E-state index in [1.54, 1.807) is 0 Å². The molecule has 0 amide bonds. The van der Waals surface area contributed by atoms with Crippen LogP contribution in [0.3, 0.4) is 0 Å². The molecule has 0 aliphatic carbocycles. The van der Waals surface area contributed by atoms with E-state index in [1.807, 2.05) is 18.2 Å². The van der Waals surface area contributed by atoms with Gasteiger partial charge in [-0.1, -0.05) is 47.5 Å². The van der Waals surface area contributed by atoms with Crippen molar-refractivity contribution in [2.45, 2.75) is 26.3 Å². The van der Waals surface area contributed by atoms with Crippen LogP contribution in [0.4, 0.5) is 0 Å². The molecule has 0 aliphatic rings. The summed E-state index contributed by atoms with van der Waals surface area (Å²) in [6.45, 7) is 4.16. The second-order valence-corrected chi connectivity index (χ2v) is 5.35. The molecule has 3 N–H and O–H groups in total. The van der Waals surface area contributed by atoms with Crippen LogP contribution in [0.5, 0.6) is 0 Å². The van der Waals surface area contributed by atoms with E-state index in [1.165, 1.54) is 16.7 Å². The fourth-order valence-electron chi connectivity index (χ4n) is 2.21. The zero-order valence-corrected chi connectivity index (χ0v) is 12.0. The van der Waals surface area contributed by atoms with Crippen LogP contribution in [0.1, 0.15) is 28.3 Å². The van der Waals surface area contributed by atoms with E-state index in [0.29, 0.717) is 0 Å². The zero-order valence-electron chi connectivity index (χ0n) is 11.3. The van der Waals surface area contributed by atoms with Crippen molar-refractivity contribution in [1.82, 2.24) is 5.43 Å². The standard InChI is InChI=1S/C16H19ClN2/c1-11-3-6-13(7-4-11)9-16(19-18)15-10-14(17)8-5-12(15)2/h3-8,10,16,19H,9,18H2,1-2H3. The number of hydrazine groups is 1. The van der Waals surface area contributed by atoms with Gasteiger partial charge in [0.2, 0.25) is 0 Å². The molecule has 2 aromatic carbocycles. The van der Waals surface area contributed by atoms with Gasteiger partial charge in [0, 0.05) is 5.02 Å².